The zero-order valence-electron chi connectivity index (χ0n) is 16.6. The molecule has 0 spiro atoms. The largest absolute Gasteiger partial charge is 0.352 e. The highest BCUT2D eigenvalue weighted by molar-refractivity contribution is 7.18. The summed E-state index contributed by atoms with van der Waals surface area (Å²) in [7, 11) is 0. The van der Waals surface area contributed by atoms with Crippen molar-refractivity contribution in [2.45, 2.75) is 33.7 Å². The van der Waals surface area contributed by atoms with Crippen molar-refractivity contribution in [3.8, 4) is 0 Å². The fourth-order valence-corrected chi connectivity index (χ4v) is 3.91. The number of thiophene rings is 1. The highest BCUT2D eigenvalue weighted by Gasteiger charge is 2.22. The highest BCUT2D eigenvalue weighted by Crippen LogP contribution is 2.29. The van der Waals surface area contributed by atoms with Crippen LogP contribution in [0.2, 0.25) is 5.02 Å². The van der Waals surface area contributed by atoms with Crippen molar-refractivity contribution in [1.82, 2.24) is 10.2 Å². The van der Waals surface area contributed by atoms with E-state index in [1.54, 1.807) is 19.9 Å². The molecule has 0 aliphatic heterocycles. The van der Waals surface area contributed by atoms with Gasteiger partial charge in [-0.15, -0.1) is 11.3 Å². The number of likely N-dealkylation sites (N-methyl/N-ethyl adjacent to an activating group) is 1. The Kier molecular flexibility index (Phi) is 7.75. The number of carbonyl (C=O) groups excluding carboxylic acids is 3. The minimum absolute atomic E-state index is 0.000371. The van der Waals surface area contributed by atoms with E-state index in [-0.39, 0.29) is 35.0 Å². The maximum absolute atomic E-state index is 13.2. The Labute approximate surface area is 178 Å². The molecule has 156 valence electrons. The highest BCUT2D eigenvalue weighted by atomic mass is 35.5. The van der Waals surface area contributed by atoms with E-state index in [9.17, 15) is 18.8 Å². The molecule has 0 aliphatic rings. The SMILES string of the molecule is CCN(CC(=O)NC(C)C)C(=O)c1sc(NC(=O)c2ccc(F)cc2Cl)cc1C. The van der Waals surface area contributed by atoms with Crippen LogP contribution in [0.25, 0.3) is 0 Å². The second-order valence-electron chi connectivity index (χ2n) is 6.74. The van der Waals surface area contributed by atoms with Gasteiger partial charge in [-0.2, -0.15) is 0 Å². The molecule has 0 unspecified atom stereocenters. The van der Waals surface area contributed by atoms with Crippen molar-refractivity contribution in [3.05, 3.63) is 51.1 Å². The van der Waals surface area contributed by atoms with Crippen LogP contribution in [0.15, 0.2) is 24.3 Å². The number of carbonyl (C=O) groups is 3. The number of hydrogen-bond donors (Lipinski definition) is 2. The van der Waals surface area contributed by atoms with Crippen LogP contribution in [0.4, 0.5) is 9.39 Å². The quantitative estimate of drug-likeness (QED) is 0.682. The normalized spacial score (nSPS) is 10.7. The third-order valence-corrected chi connectivity index (χ3v) is 5.43. The second kappa shape index (κ2) is 9.84. The Bertz CT molecular complexity index is 930. The molecule has 2 rings (SSSR count). The molecule has 0 aliphatic carbocycles. The van der Waals surface area contributed by atoms with Crippen LogP contribution in [0.1, 0.15) is 46.4 Å². The molecule has 6 nitrogen and oxygen atoms in total. The van der Waals surface area contributed by atoms with Gasteiger partial charge >= 0.3 is 0 Å². The molecule has 2 aromatic rings. The van der Waals surface area contributed by atoms with Gasteiger partial charge in [0.1, 0.15) is 5.82 Å². The van der Waals surface area contributed by atoms with E-state index >= 15 is 0 Å². The average Bonchev–Trinajstić information content (AvgIpc) is 2.98. The minimum atomic E-state index is -0.535. The first kappa shape index (κ1) is 22.8. The Balaban J connectivity index is 2.14. The molecule has 2 N–H and O–H groups in total. The molecule has 1 aromatic heterocycles. The van der Waals surface area contributed by atoms with Crippen molar-refractivity contribution in [3.63, 3.8) is 0 Å². The maximum atomic E-state index is 13.2. The lowest BCUT2D eigenvalue weighted by atomic mass is 10.2. The predicted molar refractivity (Wildman–Crippen MR) is 113 cm³/mol. The number of hydrogen-bond acceptors (Lipinski definition) is 4. The molecular formula is C20H23ClFN3O3S. The van der Waals surface area contributed by atoms with E-state index in [1.807, 2.05) is 13.8 Å². The Morgan fingerprint density at radius 2 is 1.93 bits per heavy atom. The number of rotatable bonds is 7. The molecule has 0 saturated heterocycles. The van der Waals surface area contributed by atoms with Gasteiger partial charge in [-0.1, -0.05) is 11.6 Å². The zero-order chi connectivity index (χ0) is 21.7. The van der Waals surface area contributed by atoms with E-state index < -0.39 is 11.7 Å². The summed E-state index contributed by atoms with van der Waals surface area (Å²) in [6, 6.07) is 5.17. The number of halogens is 2. The first-order valence-electron chi connectivity index (χ1n) is 9.07. The summed E-state index contributed by atoms with van der Waals surface area (Å²) >= 11 is 7.04. The lowest BCUT2D eigenvalue weighted by Crippen LogP contribution is -2.42. The molecule has 9 heteroatoms. The lowest BCUT2D eigenvalue weighted by molar-refractivity contribution is -0.122. The summed E-state index contributed by atoms with van der Waals surface area (Å²) in [4.78, 5) is 39.2. The first-order valence-corrected chi connectivity index (χ1v) is 10.3. The van der Waals surface area contributed by atoms with Crippen LogP contribution in [0, 0.1) is 12.7 Å². The number of nitrogens with one attached hydrogen (secondary N) is 2. The summed E-state index contributed by atoms with van der Waals surface area (Å²) in [5, 5.41) is 5.90. The van der Waals surface area contributed by atoms with Gasteiger partial charge in [-0.25, -0.2) is 4.39 Å². The Morgan fingerprint density at radius 1 is 1.24 bits per heavy atom. The van der Waals surface area contributed by atoms with Crippen LogP contribution < -0.4 is 10.6 Å². The molecule has 1 aromatic carbocycles. The van der Waals surface area contributed by atoms with Crippen LogP contribution in [0.5, 0.6) is 0 Å². The molecule has 3 amide bonds. The van der Waals surface area contributed by atoms with Gasteiger partial charge in [-0.05, 0) is 57.5 Å². The molecule has 0 bridgehead atoms. The van der Waals surface area contributed by atoms with Crippen molar-refractivity contribution in [1.29, 1.82) is 0 Å². The smallest absolute Gasteiger partial charge is 0.264 e. The van der Waals surface area contributed by atoms with Gasteiger partial charge < -0.3 is 15.5 Å². The topological polar surface area (TPSA) is 78.5 Å². The number of anilines is 1. The van der Waals surface area contributed by atoms with Crippen LogP contribution >= 0.6 is 22.9 Å². The van der Waals surface area contributed by atoms with E-state index in [4.69, 9.17) is 11.6 Å². The second-order valence-corrected chi connectivity index (χ2v) is 8.20. The van der Waals surface area contributed by atoms with E-state index in [0.717, 1.165) is 23.5 Å². The number of aryl methyl sites for hydroxylation is 1. The molecule has 0 atom stereocenters. The summed E-state index contributed by atoms with van der Waals surface area (Å²) in [5.41, 5.74) is 0.816. The van der Waals surface area contributed by atoms with Crippen molar-refractivity contribution >= 4 is 45.7 Å². The van der Waals surface area contributed by atoms with Crippen molar-refractivity contribution < 1.29 is 18.8 Å². The van der Waals surface area contributed by atoms with E-state index in [0.29, 0.717) is 22.0 Å². The third kappa shape index (κ3) is 6.01. The summed E-state index contributed by atoms with van der Waals surface area (Å²) in [6.07, 6.45) is 0. The first-order chi connectivity index (χ1) is 13.6. The van der Waals surface area contributed by atoms with E-state index in [1.165, 1.54) is 11.0 Å². The molecular weight excluding hydrogens is 417 g/mol. The van der Waals surface area contributed by atoms with Gasteiger partial charge in [0.05, 0.1) is 27.0 Å². The van der Waals surface area contributed by atoms with Crippen molar-refractivity contribution in [2.75, 3.05) is 18.4 Å². The molecule has 29 heavy (non-hydrogen) atoms. The molecule has 0 saturated carbocycles. The van der Waals surface area contributed by atoms with Gasteiger partial charge in [0, 0.05) is 12.6 Å². The predicted octanol–water partition coefficient (Wildman–Crippen LogP) is 4.09. The Hall–Kier alpha value is -2.45. The number of benzene rings is 1. The summed E-state index contributed by atoms with van der Waals surface area (Å²) in [5.74, 6) is -1.55. The number of amides is 3. The molecule has 1 heterocycles. The van der Waals surface area contributed by atoms with Gasteiger partial charge in [0.15, 0.2) is 0 Å². The Morgan fingerprint density at radius 3 is 2.52 bits per heavy atom. The van der Waals surface area contributed by atoms with Gasteiger partial charge in [0.25, 0.3) is 11.8 Å². The average molecular weight is 440 g/mol. The fraction of sp³-hybridized carbons (Fsp3) is 0.350. The van der Waals surface area contributed by atoms with Crippen LogP contribution in [-0.4, -0.2) is 41.8 Å². The minimum Gasteiger partial charge on any atom is -0.352 e. The molecule has 0 radical (unpaired) electrons. The molecule has 0 fully saturated rings. The monoisotopic (exact) mass is 439 g/mol. The number of nitrogens with zero attached hydrogens (tertiary/aromatic N) is 1. The van der Waals surface area contributed by atoms with Gasteiger partial charge in [-0.3, -0.25) is 14.4 Å². The summed E-state index contributed by atoms with van der Waals surface area (Å²) in [6.45, 7) is 7.57. The van der Waals surface area contributed by atoms with Crippen LogP contribution in [0.3, 0.4) is 0 Å². The van der Waals surface area contributed by atoms with Crippen molar-refractivity contribution in [2.24, 2.45) is 0 Å². The fourth-order valence-electron chi connectivity index (χ4n) is 2.62. The van der Waals surface area contributed by atoms with Gasteiger partial charge in [0.2, 0.25) is 5.91 Å². The van der Waals surface area contributed by atoms with E-state index in [2.05, 4.69) is 10.6 Å². The third-order valence-electron chi connectivity index (χ3n) is 3.98. The maximum Gasteiger partial charge on any atom is 0.264 e. The standard InChI is InChI=1S/C20H23ClFN3O3S/c1-5-25(10-16(26)23-11(2)3)20(28)18-12(4)8-17(29-18)24-19(27)14-7-6-13(22)9-15(14)21/h6-9,11H,5,10H2,1-4H3,(H,23,26)(H,24,27). The summed E-state index contributed by atoms with van der Waals surface area (Å²) < 4.78 is 13.2. The lowest BCUT2D eigenvalue weighted by Gasteiger charge is -2.20. The zero-order valence-corrected chi connectivity index (χ0v) is 18.2. The van der Waals surface area contributed by atoms with Crippen LogP contribution in [-0.2, 0) is 4.79 Å².